The predicted octanol–water partition coefficient (Wildman–Crippen LogP) is 3.47. The van der Waals surface area contributed by atoms with Gasteiger partial charge >= 0.3 is 0 Å². The largest absolute Gasteiger partial charge is 0.368 e. The number of anilines is 1. The van der Waals surface area contributed by atoms with Gasteiger partial charge in [-0.2, -0.15) is 5.26 Å². The second-order valence-electron chi connectivity index (χ2n) is 4.47. The van der Waals surface area contributed by atoms with Crippen molar-refractivity contribution in [2.24, 2.45) is 0 Å². The van der Waals surface area contributed by atoms with Crippen LogP contribution in [0.3, 0.4) is 0 Å². The molecule has 3 heteroatoms. The fourth-order valence-corrected chi connectivity index (χ4v) is 2.70. The molecule has 0 atom stereocenters. The van der Waals surface area contributed by atoms with Crippen LogP contribution in [-0.4, -0.2) is 12.6 Å². The van der Waals surface area contributed by atoms with Gasteiger partial charge in [-0.3, -0.25) is 0 Å². The van der Waals surface area contributed by atoms with E-state index in [1.54, 1.807) is 6.07 Å². The number of halogens is 1. The minimum absolute atomic E-state index is 0.182. The van der Waals surface area contributed by atoms with E-state index in [1.807, 2.05) is 12.1 Å². The molecule has 1 fully saturated rings. The molecule has 0 amide bonds. The van der Waals surface area contributed by atoms with Crippen LogP contribution in [0.1, 0.15) is 38.2 Å². The highest BCUT2D eigenvalue weighted by Crippen LogP contribution is 2.30. The van der Waals surface area contributed by atoms with Gasteiger partial charge in [0.15, 0.2) is 0 Å². The molecule has 0 aromatic heterocycles. The lowest BCUT2D eigenvalue weighted by Gasteiger charge is -2.30. The van der Waals surface area contributed by atoms with Crippen LogP contribution >= 0.6 is 0 Å². The van der Waals surface area contributed by atoms with Gasteiger partial charge in [-0.1, -0.05) is 18.9 Å². The van der Waals surface area contributed by atoms with E-state index < -0.39 is 5.82 Å². The van der Waals surface area contributed by atoms with E-state index in [0.717, 1.165) is 25.1 Å². The molecule has 90 valence electrons. The third-order valence-corrected chi connectivity index (χ3v) is 3.52. The Balaban J connectivity index is 2.37. The van der Waals surface area contributed by atoms with Crippen molar-refractivity contribution in [3.63, 3.8) is 0 Å². The molecular formula is C14H17FN2. The number of hydrogen-bond donors (Lipinski definition) is 0. The molecule has 0 N–H and O–H groups in total. The fourth-order valence-electron chi connectivity index (χ4n) is 2.70. The topological polar surface area (TPSA) is 27.0 Å². The Morgan fingerprint density at radius 3 is 2.71 bits per heavy atom. The molecule has 2 nitrogen and oxygen atoms in total. The molecule has 1 aromatic carbocycles. The van der Waals surface area contributed by atoms with E-state index in [-0.39, 0.29) is 5.56 Å². The van der Waals surface area contributed by atoms with Crippen molar-refractivity contribution in [3.8, 4) is 6.07 Å². The first-order valence-electron chi connectivity index (χ1n) is 6.23. The summed E-state index contributed by atoms with van der Waals surface area (Å²) in [5.74, 6) is -0.415. The summed E-state index contributed by atoms with van der Waals surface area (Å²) in [6, 6.07) is 7.34. The SMILES string of the molecule is CCN(c1cccc(F)c1C#N)C1CCCC1. The Bertz CT molecular complexity index is 430. The predicted molar refractivity (Wildman–Crippen MR) is 66.4 cm³/mol. The molecule has 1 aromatic rings. The van der Waals surface area contributed by atoms with Gasteiger partial charge in [-0.15, -0.1) is 0 Å². The minimum atomic E-state index is -0.415. The summed E-state index contributed by atoms with van der Waals surface area (Å²) >= 11 is 0. The van der Waals surface area contributed by atoms with Crippen molar-refractivity contribution in [2.45, 2.75) is 38.6 Å². The molecule has 17 heavy (non-hydrogen) atoms. The Morgan fingerprint density at radius 1 is 1.41 bits per heavy atom. The lowest BCUT2D eigenvalue weighted by atomic mass is 10.1. The quantitative estimate of drug-likeness (QED) is 0.798. The summed E-state index contributed by atoms with van der Waals surface area (Å²) in [6.45, 7) is 2.88. The van der Waals surface area contributed by atoms with Crippen LogP contribution in [0.2, 0.25) is 0 Å². The third-order valence-electron chi connectivity index (χ3n) is 3.52. The van der Waals surface area contributed by atoms with E-state index in [1.165, 1.54) is 18.9 Å². The Morgan fingerprint density at radius 2 is 2.12 bits per heavy atom. The van der Waals surface area contributed by atoms with Crippen molar-refractivity contribution >= 4 is 5.69 Å². The molecule has 1 aliphatic carbocycles. The highest BCUT2D eigenvalue weighted by atomic mass is 19.1. The first kappa shape index (κ1) is 11.9. The molecule has 0 unspecified atom stereocenters. The van der Waals surface area contributed by atoms with Gasteiger partial charge in [0.1, 0.15) is 17.4 Å². The van der Waals surface area contributed by atoms with Crippen LogP contribution in [0, 0.1) is 17.1 Å². The highest BCUT2D eigenvalue weighted by molar-refractivity contribution is 5.60. The number of nitriles is 1. The normalized spacial score (nSPS) is 15.8. The Labute approximate surface area is 102 Å². The van der Waals surface area contributed by atoms with E-state index >= 15 is 0 Å². The van der Waals surface area contributed by atoms with E-state index in [4.69, 9.17) is 5.26 Å². The van der Waals surface area contributed by atoms with E-state index in [0.29, 0.717) is 6.04 Å². The van der Waals surface area contributed by atoms with Crippen molar-refractivity contribution in [2.75, 3.05) is 11.4 Å². The Kier molecular flexibility index (Phi) is 3.63. The maximum atomic E-state index is 13.6. The highest BCUT2D eigenvalue weighted by Gasteiger charge is 2.24. The molecule has 1 aliphatic rings. The average Bonchev–Trinajstić information content (AvgIpc) is 2.84. The zero-order chi connectivity index (χ0) is 12.3. The monoisotopic (exact) mass is 232 g/mol. The van der Waals surface area contributed by atoms with Crippen molar-refractivity contribution in [1.82, 2.24) is 0 Å². The minimum Gasteiger partial charge on any atom is -0.368 e. The summed E-state index contributed by atoms with van der Waals surface area (Å²) in [7, 11) is 0. The summed E-state index contributed by atoms with van der Waals surface area (Å²) in [5, 5.41) is 9.07. The molecule has 0 aliphatic heterocycles. The zero-order valence-electron chi connectivity index (χ0n) is 10.1. The number of benzene rings is 1. The van der Waals surface area contributed by atoms with Crippen molar-refractivity contribution in [1.29, 1.82) is 5.26 Å². The van der Waals surface area contributed by atoms with Gasteiger partial charge in [0.25, 0.3) is 0 Å². The van der Waals surface area contributed by atoms with Gasteiger partial charge in [0.05, 0.1) is 5.69 Å². The standard InChI is InChI=1S/C14H17FN2/c1-2-17(11-6-3-4-7-11)14-9-5-8-13(15)12(14)10-16/h5,8-9,11H,2-4,6-7H2,1H3. The summed E-state index contributed by atoms with van der Waals surface area (Å²) in [6.07, 6.45) is 4.77. The third kappa shape index (κ3) is 2.26. The van der Waals surface area contributed by atoms with Crippen LogP contribution in [0.4, 0.5) is 10.1 Å². The number of rotatable bonds is 3. The molecule has 0 heterocycles. The van der Waals surface area contributed by atoms with Crippen molar-refractivity contribution in [3.05, 3.63) is 29.6 Å². The van der Waals surface area contributed by atoms with Gasteiger partial charge < -0.3 is 4.90 Å². The molecule has 0 saturated heterocycles. The van der Waals surface area contributed by atoms with Crippen LogP contribution < -0.4 is 4.90 Å². The number of hydrogen-bond acceptors (Lipinski definition) is 2. The van der Waals surface area contributed by atoms with Crippen LogP contribution in [-0.2, 0) is 0 Å². The first-order chi connectivity index (χ1) is 8.27. The van der Waals surface area contributed by atoms with E-state index in [2.05, 4.69) is 11.8 Å². The average molecular weight is 232 g/mol. The number of nitrogens with zero attached hydrogens (tertiary/aromatic N) is 2. The maximum Gasteiger partial charge on any atom is 0.143 e. The molecule has 0 radical (unpaired) electrons. The molecule has 0 spiro atoms. The first-order valence-corrected chi connectivity index (χ1v) is 6.23. The van der Waals surface area contributed by atoms with Crippen molar-refractivity contribution < 1.29 is 4.39 Å². The summed E-state index contributed by atoms with van der Waals surface area (Å²) in [4.78, 5) is 2.18. The summed E-state index contributed by atoms with van der Waals surface area (Å²) < 4.78 is 13.6. The zero-order valence-corrected chi connectivity index (χ0v) is 10.1. The summed E-state index contributed by atoms with van der Waals surface area (Å²) in [5.41, 5.74) is 0.933. The van der Waals surface area contributed by atoms with Gasteiger partial charge in [-0.05, 0) is 31.9 Å². The molecule has 0 bridgehead atoms. The Hall–Kier alpha value is -1.56. The second-order valence-corrected chi connectivity index (χ2v) is 4.47. The molecule has 1 saturated carbocycles. The van der Waals surface area contributed by atoms with Crippen LogP contribution in [0.15, 0.2) is 18.2 Å². The molecule has 2 rings (SSSR count). The molecular weight excluding hydrogens is 215 g/mol. The fraction of sp³-hybridized carbons (Fsp3) is 0.500. The second kappa shape index (κ2) is 5.18. The lowest BCUT2D eigenvalue weighted by molar-refractivity contribution is 0.603. The van der Waals surface area contributed by atoms with Gasteiger partial charge in [-0.25, -0.2) is 4.39 Å². The van der Waals surface area contributed by atoms with Crippen LogP contribution in [0.25, 0.3) is 0 Å². The van der Waals surface area contributed by atoms with Gasteiger partial charge in [0, 0.05) is 12.6 Å². The smallest absolute Gasteiger partial charge is 0.143 e. The lowest BCUT2D eigenvalue weighted by Crippen LogP contribution is -2.33. The van der Waals surface area contributed by atoms with Gasteiger partial charge in [0.2, 0.25) is 0 Å². The maximum absolute atomic E-state index is 13.6. The van der Waals surface area contributed by atoms with E-state index in [9.17, 15) is 4.39 Å². The van der Waals surface area contributed by atoms with Crippen LogP contribution in [0.5, 0.6) is 0 Å².